The molecule has 0 aliphatic carbocycles. The van der Waals surface area contributed by atoms with Gasteiger partial charge in [-0.1, -0.05) is 47.4 Å². The van der Waals surface area contributed by atoms with Crippen LogP contribution < -0.4 is 9.47 Å². The third kappa shape index (κ3) is 6.70. The van der Waals surface area contributed by atoms with Crippen molar-refractivity contribution < 1.29 is 51.0 Å². The first kappa shape index (κ1) is 32.9. The minimum atomic E-state index is 0. The van der Waals surface area contributed by atoms with Crippen molar-refractivity contribution in [2.45, 2.75) is 6.92 Å². The van der Waals surface area contributed by atoms with E-state index in [1.54, 1.807) is 24.8 Å². The van der Waals surface area contributed by atoms with E-state index in [1.807, 2.05) is 109 Å². The number of rotatable bonds is 7. The third-order valence-corrected chi connectivity index (χ3v) is 7.36. The summed E-state index contributed by atoms with van der Waals surface area (Å²) in [5.41, 5.74) is 5.76. The maximum absolute atomic E-state index is 6.27. The largest absolute Gasteiger partial charge is 2.00 e. The average molecular weight is 895 g/mol. The van der Waals surface area contributed by atoms with Crippen molar-refractivity contribution in [2.24, 2.45) is 0 Å². The molecule has 0 unspecified atom stereocenters. The second-order valence-electron chi connectivity index (χ2n) is 10.6. The molecule has 0 amide bonds. The molecule has 0 saturated carbocycles. The van der Waals surface area contributed by atoms with Crippen molar-refractivity contribution in [1.29, 1.82) is 0 Å². The van der Waals surface area contributed by atoms with E-state index in [1.165, 1.54) is 0 Å². The minimum Gasteiger partial charge on any atom is -0.503 e. The van der Waals surface area contributed by atoms with Crippen molar-refractivity contribution in [3.8, 4) is 51.5 Å². The van der Waals surface area contributed by atoms with Crippen LogP contribution in [0, 0.1) is 31.2 Å². The number of benzene rings is 4. The van der Waals surface area contributed by atoms with Gasteiger partial charge in [-0.2, -0.15) is 22.9 Å². The first-order valence-corrected chi connectivity index (χ1v) is 14.6. The van der Waals surface area contributed by atoms with Gasteiger partial charge in [0.1, 0.15) is 0 Å². The Bertz CT molecular complexity index is 2190. The summed E-state index contributed by atoms with van der Waals surface area (Å²) in [5, 5.41) is 1.90. The smallest absolute Gasteiger partial charge is 0.503 e. The molecule has 7 nitrogen and oxygen atoms in total. The summed E-state index contributed by atoms with van der Waals surface area (Å²) in [6, 6.07) is 44.4. The molecule has 0 aliphatic heterocycles. The van der Waals surface area contributed by atoms with Gasteiger partial charge < -0.3 is 24.0 Å². The predicted molar refractivity (Wildman–Crippen MR) is 176 cm³/mol. The van der Waals surface area contributed by atoms with E-state index in [-0.39, 0.29) is 41.5 Å². The summed E-state index contributed by atoms with van der Waals surface area (Å²) >= 11 is 0. The molecular weight excluding hydrogens is 872 g/mol. The molecule has 48 heavy (non-hydrogen) atoms. The van der Waals surface area contributed by atoms with Crippen LogP contribution in [-0.4, -0.2) is 24.5 Å². The molecule has 0 spiro atoms. The van der Waals surface area contributed by atoms with Crippen molar-refractivity contribution >= 4 is 21.8 Å². The maximum Gasteiger partial charge on any atom is 2.00 e. The molecule has 0 fully saturated rings. The number of aryl methyl sites for hydroxylation is 1. The zero-order valence-corrected chi connectivity index (χ0v) is 29.1. The molecular formula is C39H23N5O2PdPt. The molecule has 0 saturated heterocycles. The summed E-state index contributed by atoms with van der Waals surface area (Å²) in [5.74, 6) is 2.64. The van der Waals surface area contributed by atoms with Crippen LogP contribution in [0.15, 0.2) is 122 Å². The third-order valence-electron chi connectivity index (χ3n) is 7.36. The SMILES string of the molecule is Cc1cnc(-n2c3[c-]c(Oc4[c-]c(-c5ccccn5)ccc4)ccc3c3ccc(Oc4[c-]c(-c5ccccn5)ccc4)[c-]c32)nc1.[Pd+2].[Pt+2]. The van der Waals surface area contributed by atoms with Gasteiger partial charge in [0, 0.05) is 47.8 Å². The van der Waals surface area contributed by atoms with Gasteiger partial charge in [-0.3, -0.25) is 0 Å². The van der Waals surface area contributed by atoms with E-state index in [2.05, 4.69) is 44.2 Å². The average Bonchev–Trinajstić information content (AvgIpc) is 3.42. The molecule has 4 heterocycles. The van der Waals surface area contributed by atoms with E-state index in [0.29, 0.717) is 28.9 Å². The van der Waals surface area contributed by atoms with Crippen LogP contribution in [0.3, 0.4) is 0 Å². The quantitative estimate of drug-likeness (QED) is 0.118. The Morgan fingerprint density at radius 2 is 1.00 bits per heavy atom. The Hall–Kier alpha value is -4.99. The minimum absolute atomic E-state index is 0. The topological polar surface area (TPSA) is 75.0 Å². The van der Waals surface area contributed by atoms with Crippen LogP contribution >= 0.6 is 0 Å². The Kier molecular flexibility index (Phi) is 9.89. The van der Waals surface area contributed by atoms with E-state index in [4.69, 9.17) is 9.47 Å². The number of pyridine rings is 2. The molecule has 8 rings (SSSR count). The molecule has 0 radical (unpaired) electrons. The Morgan fingerprint density at radius 1 is 0.521 bits per heavy atom. The number of aromatic nitrogens is 5. The van der Waals surface area contributed by atoms with Crippen LogP contribution in [0.5, 0.6) is 23.0 Å². The second kappa shape index (κ2) is 14.4. The van der Waals surface area contributed by atoms with Crippen LogP contribution in [0.4, 0.5) is 0 Å². The van der Waals surface area contributed by atoms with Gasteiger partial charge in [-0.05, 0) is 36.0 Å². The normalized spacial score (nSPS) is 10.7. The molecule has 0 aliphatic rings. The van der Waals surface area contributed by atoms with Crippen LogP contribution in [0.1, 0.15) is 5.56 Å². The number of hydrogen-bond acceptors (Lipinski definition) is 6. The zero-order chi connectivity index (χ0) is 30.9. The molecule has 9 heteroatoms. The van der Waals surface area contributed by atoms with Crippen molar-refractivity contribution in [3.05, 3.63) is 152 Å². The van der Waals surface area contributed by atoms with Gasteiger partial charge in [-0.15, -0.1) is 71.8 Å². The van der Waals surface area contributed by atoms with Gasteiger partial charge >= 0.3 is 41.5 Å². The predicted octanol–water partition coefficient (Wildman–Crippen LogP) is 8.79. The molecule has 236 valence electrons. The van der Waals surface area contributed by atoms with Crippen LogP contribution in [0.25, 0.3) is 50.3 Å². The van der Waals surface area contributed by atoms with Gasteiger partial charge in [0.05, 0.1) is 0 Å². The van der Waals surface area contributed by atoms with E-state index in [0.717, 1.165) is 49.9 Å². The second-order valence-corrected chi connectivity index (χ2v) is 10.6. The fourth-order valence-electron chi connectivity index (χ4n) is 5.24. The molecule has 4 aromatic carbocycles. The van der Waals surface area contributed by atoms with Gasteiger partial charge in [0.2, 0.25) is 5.95 Å². The number of hydrogen-bond donors (Lipinski definition) is 0. The number of nitrogens with zero attached hydrogens (tertiary/aromatic N) is 5. The standard InChI is InChI=1S/C39H23N5O2.Pd.Pt/c1-26-24-42-39(43-25-26)44-37-22-31(45-29-10-6-8-27(20-29)35-12-2-4-18-40-35)14-16-33(37)34-17-15-32(23-38(34)44)46-30-11-7-9-28(21-30)36-13-3-5-19-41-36;;/h2-19,24-25H,1H3;;/q-4;2*+2. The first-order chi connectivity index (χ1) is 22.7. The van der Waals surface area contributed by atoms with Gasteiger partial charge in [-0.25, -0.2) is 9.97 Å². The van der Waals surface area contributed by atoms with Crippen molar-refractivity contribution in [2.75, 3.05) is 0 Å². The van der Waals surface area contributed by atoms with Gasteiger partial charge in [0.25, 0.3) is 0 Å². The molecule has 8 aromatic rings. The molecule has 0 atom stereocenters. The van der Waals surface area contributed by atoms with Crippen molar-refractivity contribution in [3.63, 3.8) is 0 Å². The van der Waals surface area contributed by atoms with E-state index in [9.17, 15) is 0 Å². The monoisotopic (exact) mass is 894 g/mol. The fourth-order valence-corrected chi connectivity index (χ4v) is 5.24. The summed E-state index contributed by atoms with van der Waals surface area (Å²) < 4.78 is 14.5. The molecule has 0 bridgehead atoms. The van der Waals surface area contributed by atoms with Gasteiger partial charge in [0.15, 0.2) is 0 Å². The van der Waals surface area contributed by atoms with Crippen molar-refractivity contribution in [1.82, 2.24) is 24.5 Å². The first-order valence-electron chi connectivity index (χ1n) is 14.6. The number of ether oxygens (including phenoxy) is 2. The molecule has 0 N–H and O–H groups in total. The maximum atomic E-state index is 6.27. The number of fused-ring (bicyclic) bond motifs is 3. The molecule has 4 aromatic heterocycles. The Morgan fingerprint density at radius 3 is 1.46 bits per heavy atom. The van der Waals surface area contributed by atoms with Crippen LogP contribution in [-0.2, 0) is 41.5 Å². The summed E-state index contributed by atoms with van der Waals surface area (Å²) in [4.78, 5) is 18.2. The fraction of sp³-hybridized carbons (Fsp3) is 0.0256. The summed E-state index contributed by atoms with van der Waals surface area (Å²) in [6.45, 7) is 1.96. The Balaban J connectivity index is 0.00000201. The summed E-state index contributed by atoms with van der Waals surface area (Å²) in [7, 11) is 0. The van der Waals surface area contributed by atoms with E-state index < -0.39 is 0 Å². The zero-order valence-electron chi connectivity index (χ0n) is 25.2. The Labute approximate surface area is 305 Å². The van der Waals surface area contributed by atoms with E-state index >= 15 is 0 Å². The van der Waals surface area contributed by atoms with Crippen LogP contribution in [0.2, 0.25) is 0 Å². The summed E-state index contributed by atoms with van der Waals surface area (Å²) in [6.07, 6.45) is 7.10.